The molecule has 264 valence electrons. The van der Waals surface area contributed by atoms with Crippen LogP contribution in [0.1, 0.15) is 54.5 Å². The molecule has 0 aliphatic heterocycles. The minimum absolute atomic E-state index is 0.0956. The van der Waals surface area contributed by atoms with Crippen molar-refractivity contribution in [1.29, 1.82) is 0 Å². The van der Waals surface area contributed by atoms with E-state index in [0.717, 1.165) is 16.8 Å². The normalized spacial score (nSPS) is 10.9. The van der Waals surface area contributed by atoms with Crippen LogP contribution in [0.25, 0.3) is 11.5 Å². The molecule has 0 bridgehead atoms. The number of halogens is 2. The molecular formula is C31H23F2N11O8. The lowest BCUT2D eigenvalue weighted by atomic mass is 10.1. The van der Waals surface area contributed by atoms with Crippen LogP contribution in [0.5, 0.6) is 11.5 Å². The number of unbranched alkanes of at least 4 members (excludes halogenated alkanes) is 1. The number of nitrogens with one attached hydrogen (secondary N) is 2. The Hall–Kier alpha value is -7.45. The molecule has 6 aromatic rings. The van der Waals surface area contributed by atoms with E-state index in [9.17, 15) is 38.2 Å². The van der Waals surface area contributed by atoms with Crippen LogP contribution in [0.2, 0.25) is 0 Å². The van der Waals surface area contributed by atoms with E-state index in [1.165, 1.54) is 36.8 Å². The maximum Gasteiger partial charge on any atom is 0.337 e. The molecule has 4 N–H and O–H groups in total. The Morgan fingerprint density at radius 2 is 1.35 bits per heavy atom. The predicted molar refractivity (Wildman–Crippen MR) is 171 cm³/mol. The Balaban J connectivity index is 1.05. The first kappa shape index (κ1) is 34.4. The summed E-state index contributed by atoms with van der Waals surface area (Å²) < 4.78 is 43.0. The second-order valence-corrected chi connectivity index (χ2v) is 10.6. The van der Waals surface area contributed by atoms with E-state index >= 15 is 0 Å². The van der Waals surface area contributed by atoms with E-state index in [1.54, 1.807) is 10.8 Å². The highest BCUT2D eigenvalue weighted by Crippen LogP contribution is 2.29. The molecule has 0 unspecified atom stereocenters. The van der Waals surface area contributed by atoms with Gasteiger partial charge in [-0.05, 0) is 59.7 Å². The van der Waals surface area contributed by atoms with Crippen LogP contribution >= 0.6 is 0 Å². The number of hydrogen-bond donors (Lipinski definition) is 4. The minimum Gasteiger partial charge on any atom is -0.490 e. The Labute approximate surface area is 288 Å². The first-order valence-corrected chi connectivity index (χ1v) is 15.0. The van der Waals surface area contributed by atoms with Crippen molar-refractivity contribution >= 4 is 40.8 Å². The molecular weight excluding hydrogens is 692 g/mol. The second kappa shape index (κ2) is 15.0. The molecule has 6 rings (SSSR count). The molecule has 19 nitrogen and oxygen atoms in total. The Kier molecular flexibility index (Phi) is 9.91. The summed E-state index contributed by atoms with van der Waals surface area (Å²) in [5.74, 6) is -6.99. The molecule has 0 saturated heterocycles. The van der Waals surface area contributed by atoms with Gasteiger partial charge in [0, 0.05) is 24.5 Å². The summed E-state index contributed by atoms with van der Waals surface area (Å²) >= 11 is 0. The SMILES string of the molecule is O=C(Nc1cc(OCCCCOc2cc(NC(=O)c3ccc4nnnn4n3)c(C(=O)O)cc2F)c(F)cc1C(=O)O)c1ccc(-n2ccnc2)nn1. The largest absolute Gasteiger partial charge is 0.490 e. The molecule has 0 spiro atoms. The third kappa shape index (κ3) is 7.72. The average molecular weight is 716 g/mol. The molecule has 0 fully saturated rings. The smallest absolute Gasteiger partial charge is 0.337 e. The number of amides is 2. The van der Waals surface area contributed by atoms with Crippen molar-refractivity contribution in [3.63, 3.8) is 0 Å². The van der Waals surface area contributed by atoms with Gasteiger partial charge in [0.05, 0.1) is 35.7 Å². The maximum atomic E-state index is 14.8. The van der Waals surface area contributed by atoms with Gasteiger partial charge in [0.2, 0.25) is 0 Å². The van der Waals surface area contributed by atoms with Gasteiger partial charge >= 0.3 is 11.9 Å². The zero-order valence-electron chi connectivity index (χ0n) is 26.3. The van der Waals surface area contributed by atoms with Crippen molar-refractivity contribution in [1.82, 2.24) is 45.0 Å². The molecule has 52 heavy (non-hydrogen) atoms. The number of aromatic carboxylic acids is 2. The fourth-order valence-corrected chi connectivity index (χ4v) is 4.58. The summed E-state index contributed by atoms with van der Waals surface area (Å²) in [5, 5.41) is 46.3. The van der Waals surface area contributed by atoms with Gasteiger partial charge in [0.15, 0.2) is 46.0 Å². The molecule has 0 saturated carbocycles. The van der Waals surface area contributed by atoms with Crippen molar-refractivity contribution in [2.45, 2.75) is 12.8 Å². The van der Waals surface area contributed by atoms with Gasteiger partial charge in [-0.1, -0.05) is 0 Å². The molecule has 0 aliphatic carbocycles. The molecule has 0 radical (unpaired) electrons. The zero-order valence-corrected chi connectivity index (χ0v) is 26.3. The van der Waals surface area contributed by atoms with Gasteiger partial charge < -0.3 is 30.3 Å². The number of nitrogens with zero attached hydrogens (tertiary/aromatic N) is 9. The standard InChI is InChI=1S/C31H23F2N11O8/c32-18-11-16(30(47)48)22(35-28(45)20-3-5-26(38-37-20)43-8-7-34-15-43)13-24(18)51-9-1-2-10-52-25-14-23(17(31(49)50)12-19(25)33)36-29(46)21-4-6-27-39-41-42-44(27)40-21/h3-8,11-15H,1-2,9-10H2,(H,35,45)(H,36,46)(H,47,48)(H,49,50). The third-order valence-corrected chi connectivity index (χ3v) is 7.11. The molecule has 0 atom stereocenters. The monoisotopic (exact) mass is 715 g/mol. The van der Waals surface area contributed by atoms with E-state index in [4.69, 9.17) is 9.47 Å². The number of rotatable bonds is 14. The predicted octanol–water partition coefficient (Wildman–Crippen LogP) is 2.91. The first-order valence-electron chi connectivity index (χ1n) is 15.0. The lowest BCUT2D eigenvalue weighted by molar-refractivity contribution is 0.0686. The van der Waals surface area contributed by atoms with Crippen LogP contribution in [0.15, 0.2) is 67.3 Å². The van der Waals surface area contributed by atoms with Crippen molar-refractivity contribution < 1.29 is 47.6 Å². The maximum absolute atomic E-state index is 14.8. The topological polar surface area (TPSA) is 251 Å². The highest BCUT2D eigenvalue weighted by molar-refractivity contribution is 6.07. The highest BCUT2D eigenvalue weighted by Gasteiger charge is 2.21. The number of tetrazole rings is 1. The van der Waals surface area contributed by atoms with E-state index in [2.05, 4.69) is 46.4 Å². The number of fused-ring (bicyclic) bond motifs is 1. The van der Waals surface area contributed by atoms with Gasteiger partial charge in [-0.2, -0.15) is 0 Å². The summed E-state index contributed by atoms with van der Waals surface area (Å²) in [6, 6.07) is 9.01. The van der Waals surface area contributed by atoms with Crippen LogP contribution < -0.4 is 20.1 Å². The van der Waals surface area contributed by atoms with E-state index in [1.807, 2.05) is 0 Å². The van der Waals surface area contributed by atoms with Gasteiger partial charge in [-0.25, -0.2) is 23.4 Å². The number of carboxylic acids is 2. The Morgan fingerprint density at radius 1 is 0.750 bits per heavy atom. The third-order valence-electron chi connectivity index (χ3n) is 7.11. The van der Waals surface area contributed by atoms with Crippen molar-refractivity contribution in [3.05, 3.63) is 101 Å². The van der Waals surface area contributed by atoms with Crippen molar-refractivity contribution in [2.75, 3.05) is 23.8 Å². The van der Waals surface area contributed by atoms with Gasteiger partial charge in [-0.15, -0.1) is 25.0 Å². The lowest BCUT2D eigenvalue weighted by Gasteiger charge is -2.14. The Morgan fingerprint density at radius 3 is 1.88 bits per heavy atom. The average Bonchev–Trinajstić information content (AvgIpc) is 3.84. The number of imidazole rings is 1. The number of benzene rings is 2. The molecule has 0 aliphatic rings. The summed E-state index contributed by atoms with van der Waals surface area (Å²) in [5.41, 5.74) is -1.64. The summed E-state index contributed by atoms with van der Waals surface area (Å²) in [4.78, 5) is 53.0. The van der Waals surface area contributed by atoms with Gasteiger partial charge in [0.25, 0.3) is 11.8 Å². The number of hydrogen-bond acceptors (Lipinski definition) is 13. The zero-order chi connectivity index (χ0) is 36.8. The molecule has 2 amide bonds. The van der Waals surface area contributed by atoms with Crippen molar-refractivity contribution in [2.24, 2.45) is 0 Å². The second-order valence-electron chi connectivity index (χ2n) is 10.6. The Bertz CT molecular complexity index is 2300. The van der Waals surface area contributed by atoms with Crippen LogP contribution in [0.3, 0.4) is 0 Å². The van der Waals surface area contributed by atoms with Crippen LogP contribution in [0.4, 0.5) is 20.2 Å². The fraction of sp³-hybridized carbons (Fsp3) is 0.129. The quantitative estimate of drug-likeness (QED) is 0.118. The summed E-state index contributed by atoms with van der Waals surface area (Å²) in [6.07, 6.45) is 5.12. The number of carbonyl (C=O) groups excluding carboxylic acids is 2. The fourth-order valence-electron chi connectivity index (χ4n) is 4.58. The van der Waals surface area contributed by atoms with Crippen LogP contribution in [0, 0.1) is 11.6 Å². The molecule has 4 aromatic heterocycles. The van der Waals surface area contributed by atoms with Crippen LogP contribution in [-0.4, -0.2) is 92.2 Å². The van der Waals surface area contributed by atoms with Gasteiger partial charge in [0.1, 0.15) is 6.33 Å². The van der Waals surface area contributed by atoms with Gasteiger partial charge in [-0.3, -0.25) is 14.2 Å². The highest BCUT2D eigenvalue weighted by atomic mass is 19.1. The number of anilines is 2. The van der Waals surface area contributed by atoms with E-state index in [-0.39, 0.29) is 66.0 Å². The van der Waals surface area contributed by atoms with Crippen molar-refractivity contribution in [3.8, 4) is 17.3 Å². The lowest BCUT2D eigenvalue weighted by Crippen LogP contribution is -2.18. The number of aromatic nitrogens is 9. The van der Waals surface area contributed by atoms with Crippen LogP contribution in [-0.2, 0) is 0 Å². The minimum atomic E-state index is -1.51. The molecule has 2 aromatic carbocycles. The number of ether oxygens (including phenoxy) is 2. The molecule has 21 heteroatoms. The first-order chi connectivity index (χ1) is 25.1. The van der Waals surface area contributed by atoms with E-state index < -0.39 is 46.5 Å². The van der Waals surface area contributed by atoms with E-state index in [0.29, 0.717) is 18.0 Å². The summed E-state index contributed by atoms with van der Waals surface area (Å²) in [7, 11) is 0. The summed E-state index contributed by atoms with van der Waals surface area (Å²) in [6.45, 7) is -0.193. The molecule has 4 heterocycles. The number of carboxylic acid groups (broad SMARTS) is 2. The number of carbonyl (C=O) groups is 4.